The summed E-state index contributed by atoms with van der Waals surface area (Å²) in [6.07, 6.45) is 8.10. The standard InChI is InChI=1S/C30H41N3O2/c34-30(21-25-7-4-5-8-25)33-16-6-9-27(23-33)24-35-29-14-12-26(13-15-29)22-31-17-19-32(20-18-31)28-10-2-1-3-11-28/h1-3,10-15,25,27H,4-9,16-24H2. The van der Waals surface area contributed by atoms with E-state index in [2.05, 4.69) is 69.3 Å². The van der Waals surface area contributed by atoms with Crippen molar-refractivity contribution in [2.75, 3.05) is 50.8 Å². The van der Waals surface area contributed by atoms with Gasteiger partial charge in [0, 0.05) is 63.8 Å². The molecule has 2 heterocycles. The molecule has 2 aromatic rings. The molecule has 0 radical (unpaired) electrons. The zero-order valence-corrected chi connectivity index (χ0v) is 21.1. The van der Waals surface area contributed by atoms with Crippen LogP contribution in [0.3, 0.4) is 0 Å². The fourth-order valence-corrected chi connectivity index (χ4v) is 5.98. The van der Waals surface area contributed by atoms with Gasteiger partial charge in [-0.3, -0.25) is 9.69 Å². The second-order valence-corrected chi connectivity index (χ2v) is 10.8. The van der Waals surface area contributed by atoms with E-state index in [-0.39, 0.29) is 0 Å². The quantitative estimate of drug-likeness (QED) is 0.525. The third-order valence-electron chi connectivity index (χ3n) is 8.12. The van der Waals surface area contributed by atoms with E-state index >= 15 is 0 Å². The molecule has 5 rings (SSSR count). The van der Waals surface area contributed by atoms with Crippen LogP contribution in [0.1, 0.15) is 50.5 Å². The van der Waals surface area contributed by atoms with Gasteiger partial charge in [0.05, 0.1) is 6.61 Å². The third kappa shape index (κ3) is 6.78. The highest BCUT2D eigenvalue weighted by atomic mass is 16.5. The maximum Gasteiger partial charge on any atom is 0.222 e. The number of likely N-dealkylation sites (tertiary alicyclic amines) is 1. The van der Waals surface area contributed by atoms with E-state index in [9.17, 15) is 4.79 Å². The predicted molar refractivity (Wildman–Crippen MR) is 142 cm³/mol. The number of amides is 1. The molecule has 2 saturated heterocycles. The first-order valence-corrected chi connectivity index (χ1v) is 13.7. The minimum absolute atomic E-state index is 0.371. The molecule has 1 saturated carbocycles. The van der Waals surface area contributed by atoms with Gasteiger partial charge in [0.15, 0.2) is 0 Å². The van der Waals surface area contributed by atoms with Gasteiger partial charge in [-0.1, -0.05) is 43.2 Å². The molecule has 0 bridgehead atoms. The predicted octanol–water partition coefficient (Wildman–Crippen LogP) is 5.21. The summed E-state index contributed by atoms with van der Waals surface area (Å²) < 4.78 is 6.16. The SMILES string of the molecule is O=C(CC1CCCC1)N1CCCC(COc2ccc(CN3CCN(c4ccccc4)CC3)cc2)C1. The maximum absolute atomic E-state index is 12.7. The average Bonchev–Trinajstić information content (AvgIpc) is 3.42. The van der Waals surface area contributed by atoms with Crippen LogP contribution in [0.2, 0.25) is 0 Å². The van der Waals surface area contributed by atoms with Crippen LogP contribution >= 0.6 is 0 Å². The largest absolute Gasteiger partial charge is 0.493 e. The Morgan fingerprint density at radius 1 is 0.800 bits per heavy atom. The molecule has 0 spiro atoms. The van der Waals surface area contributed by atoms with E-state index in [1.165, 1.54) is 36.9 Å². The van der Waals surface area contributed by atoms with Gasteiger partial charge in [-0.2, -0.15) is 0 Å². The number of para-hydroxylation sites is 1. The number of ether oxygens (including phenoxy) is 1. The van der Waals surface area contributed by atoms with Gasteiger partial charge in [-0.05, 0) is 61.4 Å². The van der Waals surface area contributed by atoms with E-state index in [1.807, 2.05) is 0 Å². The maximum atomic E-state index is 12.7. The first-order chi connectivity index (χ1) is 17.2. The number of nitrogens with zero attached hydrogens (tertiary/aromatic N) is 3. The lowest BCUT2D eigenvalue weighted by Crippen LogP contribution is -2.45. The second kappa shape index (κ2) is 11.9. The first-order valence-electron chi connectivity index (χ1n) is 13.7. The molecule has 1 aliphatic carbocycles. The van der Waals surface area contributed by atoms with Crippen molar-refractivity contribution in [2.45, 2.75) is 51.5 Å². The van der Waals surface area contributed by atoms with Crippen LogP contribution in [0.25, 0.3) is 0 Å². The molecule has 2 aliphatic heterocycles. The molecule has 1 amide bonds. The number of carbonyl (C=O) groups excluding carboxylic acids is 1. The third-order valence-corrected chi connectivity index (χ3v) is 8.12. The lowest BCUT2D eigenvalue weighted by Gasteiger charge is -2.36. The summed E-state index contributed by atoms with van der Waals surface area (Å²) >= 11 is 0. The zero-order chi connectivity index (χ0) is 23.9. The Balaban J connectivity index is 1.03. The molecule has 188 valence electrons. The smallest absolute Gasteiger partial charge is 0.222 e. The Kier molecular flexibility index (Phi) is 8.25. The Hall–Kier alpha value is -2.53. The van der Waals surface area contributed by atoms with Crippen LogP contribution < -0.4 is 9.64 Å². The van der Waals surface area contributed by atoms with Crippen molar-refractivity contribution < 1.29 is 9.53 Å². The highest BCUT2D eigenvalue weighted by Gasteiger charge is 2.27. The molecule has 1 unspecified atom stereocenters. The Morgan fingerprint density at radius 2 is 1.51 bits per heavy atom. The lowest BCUT2D eigenvalue weighted by atomic mass is 9.97. The van der Waals surface area contributed by atoms with Gasteiger partial charge in [-0.15, -0.1) is 0 Å². The molecular weight excluding hydrogens is 434 g/mol. The molecule has 3 fully saturated rings. The van der Waals surface area contributed by atoms with E-state index in [1.54, 1.807) is 0 Å². The first kappa shape index (κ1) is 24.2. The van der Waals surface area contributed by atoms with Crippen molar-refractivity contribution in [3.05, 3.63) is 60.2 Å². The highest BCUT2D eigenvalue weighted by molar-refractivity contribution is 5.76. The zero-order valence-electron chi connectivity index (χ0n) is 21.1. The Bertz CT molecular complexity index is 918. The summed E-state index contributed by atoms with van der Waals surface area (Å²) in [5.41, 5.74) is 2.67. The van der Waals surface area contributed by atoms with Crippen LogP contribution in [0, 0.1) is 11.8 Å². The van der Waals surface area contributed by atoms with Gasteiger partial charge in [0.1, 0.15) is 5.75 Å². The number of piperidine rings is 1. The van der Waals surface area contributed by atoms with Crippen molar-refractivity contribution in [2.24, 2.45) is 11.8 Å². The van der Waals surface area contributed by atoms with Gasteiger partial charge in [0.2, 0.25) is 5.91 Å². The lowest BCUT2D eigenvalue weighted by molar-refractivity contribution is -0.134. The Morgan fingerprint density at radius 3 is 2.26 bits per heavy atom. The number of anilines is 1. The minimum atomic E-state index is 0.371. The topological polar surface area (TPSA) is 36.0 Å². The van der Waals surface area contributed by atoms with Crippen molar-refractivity contribution in [1.82, 2.24) is 9.80 Å². The fourth-order valence-electron chi connectivity index (χ4n) is 5.98. The van der Waals surface area contributed by atoms with E-state index in [0.717, 1.165) is 70.8 Å². The van der Waals surface area contributed by atoms with Crippen molar-refractivity contribution in [3.8, 4) is 5.75 Å². The number of carbonyl (C=O) groups is 1. The summed E-state index contributed by atoms with van der Waals surface area (Å²) in [4.78, 5) is 19.9. The summed E-state index contributed by atoms with van der Waals surface area (Å²) in [7, 11) is 0. The molecule has 3 aliphatic rings. The fraction of sp³-hybridized carbons (Fsp3) is 0.567. The van der Waals surface area contributed by atoms with Crippen LogP contribution in [0.4, 0.5) is 5.69 Å². The van der Waals surface area contributed by atoms with Crippen molar-refractivity contribution in [3.63, 3.8) is 0 Å². The number of benzene rings is 2. The van der Waals surface area contributed by atoms with Crippen LogP contribution in [-0.2, 0) is 11.3 Å². The summed E-state index contributed by atoms with van der Waals surface area (Å²) in [6.45, 7) is 7.81. The molecule has 5 nitrogen and oxygen atoms in total. The van der Waals surface area contributed by atoms with Crippen LogP contribution in [-0.4, -0.2) is 61.6 Å². The molecule has 2 aromatic carbocycles. The second-order valence-electron chi connectivity index (χ2n) is 10.8. The number of hydrogen-bond acceptors (Lipinski definition) is 4. The summed E-state index contributed by atoms with van der Waals surface area (Å²) in [6, 6.07) is 19.4. The van der Waals surface area contributed by atoms with Crippen molar-refractivity contribution in [1.29, 1.82) is 0 Å². The Labute approximate surface area is 211 Å². The molecule has 35 heavy (non-hydrogen) atoms. The van der Waals surface area contributed by atoms with Crippen LogP contribution in [0.5, 0.6) is 5.75 Å². The highest BCUT2D eigenvalue weighted by Crippen LogP contribution is 2.29. The summed E-state index contributed by atoms with van der Waals surface area (Å²) in [5, 5.41) is 0. The number of rotatable bonds is 8. The number of piperazine rings is 1. The van der Waals surface area contributed by atoms with E-state index < -0.39 is 0 Å². The van der Waals surface area contributed by atoms with E-state index in [4.69, 9.17) is 4.74 Å². The van der Waals surface area contributed by atoms with E-state index in [0.29, 0.717) is 24.3 Å². The molecular formula is C30H41N3O2. The number of hydrogen-bond donors (Lipinski definition) is 0. The molecule has 5 heteroatoms. The van der Waals surface area contributed by atoms with Crippen LogP contribution in [0.15, 0.2) is 54.6 Å². The van der Waals surface area contributed by atoms with Gasteiger partial charge >= 0.3 is 0 Å². The van der Waals surface area contributed by atoms with Crippen molar-refractivity contribution >= 4 is 11.6 Å². The van der Waals surface area contributed by atoms with Gasteiger partial charge in [-0.25, -0.2) is 0 Å². The van der Waals surface area contributed by atoms with Gasteiger partial charge in [0.25, 0.3) is 0 Å². The molecule has 0 aromatic heterocycles. The molecule has 0 N–H and O–H groups in total. The molecule has 1 atom stereocenters. The normalized spacial score (nSPS) is 21.9. The average molecular weight is 476 g/mol. The minimum Gasteiger partial charge on any atom is -0.493 e. The monoisotopic (exact) mass is 475 g/mol. The summed E-state index contributed by atoms with van der Waals surface area (Å²) in [5.74, 6) is 2.38. The van der Waals surface area contributed by atoms with Gasteiger partial charge < -0.3 is 14.5 Å².